The zero-order valence-corrected chi connectivity index (χ0v) is 9.12. The fourth-order valence-corrected chi connectivity index (χ4v) is 3.38. The minimum absolute atomic E-state index is 0.0230. The van der Waals surface area contributed by atoms with Gasteiger partial charge in [-0.3, -0.25) is 0 Å². The minimum Gasteiger partial charge on any atom is -0.390 e. The van der Waals surface area contributed by atoms with E-state index in [-0.39, 0.29) is 24.2 Å². The van der Waals surface area contributed by atoms with E-state index in [1.165, 1.54) is 0 Å². The van der Waals surface area contributed by atoms with Crippen molar-refractivity contribution in [2.75, 3.05) is 0 Å². The summed E-state index contributed by atoms with van der Waals surface area (Å²) in [7, 11) is 0. The average molecular weight is 271 g/mol. The standard InChI is InChI=1S/C9H13BrF2O2/c10-9(11,12)3-5-1-4-2-6(5)8(14)7(4)13/h4-8,13-14H,1-3H2. The number of fused-ring (bicyclic) bond motifs is 2. The van der Waals surface area contributed by atoms with Crippen LogP contribution in [0.3, 0.4) is 0 Å². The van der Waals surface area contributed by atoms with Gasteiger partial charge >= 0.3 is 4.83 Å². The monoisotopic (exact) mass is 270 g/mol. The summed E-state index contributed by atoms with van der Waals surface area (Å²) < 4.78 is 25.4. The molecule has 14 heavy (non-hydrogen) atoms. The Labute approximate surface area is 89.4 Å². The van der Waals surface area contributed by atoms with Crippen LogP contribution in [0.15, 0.2) is 0 Å². The quantitative estimate of drug-likeness (QED) is 0.751. The van der Waals surface area contributed by atoms with Crippen molar-refractivity contribution in [2.45, 2.75) is 36.3 Å². The predicted octanol–water partition coefficient (Wildman–Crippen LogP) is 1.74. The molecule has 0 heterocycles. The van der Waals surface area contributed by atoms with E-state index in [9.17, 15) is 19.0 Å². The van der Waals surface area contributed by atoms with Crippen molar-refractivity contribution in [2.24, 2.45) is 17.8 Å². The van der Waals surface area contributed by atoms with Gasteiger partial charge in [-0.05, 0) is 46.5 Å². The maximum Gasteiger partial charge on any atom is 0.301 e. The summed E-state index contributed by atoms with van der Waals surface area (Å²) in [6, 6.07) is 0. The van der Waals surface area contributed by atoms with Crippen molar-refractivity contribution < 1.29 is 19.0 Å². The van der Waals surface area contributed by atoms with Gasteiger partial charge in [0.15, 0.2) is 0 Å². The van der Waals surface area contributed by atoms with Crippen LogP contribution in [0.2, 0.25) is 0 Å². The molecule has 2 bridgehead atoms. The van der Waals surface area contributed by atoms with E-state index in [1.807, 2.05) is 0 Å². The van der Waals surface area contributed by atoms with Gasteiger partial charge < -0.3 is 10.2 Å². The van der Waals surface area contributed by atoms with Crippen molar-refractivity contribution in [3.63, 3.8) is 0 Å². The summed E-state index contributed by atoms with van der Waals surface area (Å²) in [5.74, 6) is -0.277. The molecule has 2 nitrogen and oxygen atoms in total. The summed E-state index contributed by atoms with van der Waals surface area (Å²) in [5.41, 5.74) is 0. The number of hydrogen-bond acceptors (Lipinski definition) is 2. The van der Waals surface area contributed by atoms with Gasteiger partial charge in [0.05, 0.1) is 12.2 Å². The molecule has 2 saturated carbocycles. The highest BCUT2D eigenvalue weighted by molar-refractivity contribution is 9.09. The average Bonchev–Trinajstić information content (AvgIpc) is 2.51. The predicted molar refractivity (Wildman–Crippen MR) is 50.2 cm³/mol. The highest BCUT2D eigenvalue weighted by atomic mass is 79.9. The molecular weight excluding hydrogens is 258 g/mol. The first-order chi connectivity index (χ1) is 6.38. The van der Waals surface area contributed by atoms with E-state index in [0.29, 0.717) is 12.8 Å². The van der Waals surface area contributed by atoms with Crippen LogP contribution in [-0.2, 0) is 0 Å². The van der Waals surface area contributed by atoms with Crippen LogP contribution in [0.4, 0.5) is 8.78 Å². The van der Waals surface area contributed by atoms with Crippen LogP contribution in [0.1, 0.15) is 19.3 Å². The van der Waals surface area contributed by atoms with Crippen molar-refractivity contribution in [1.82, 2.24) is 0 Å². The maximum absolute atomic E-state index is 12.7. The number of alkyl halides is 3. The highest BCUT2D eigenvalue weighted by Gasteiger charge is 2.53. The van der Waals surface area contributed by atoms with Crippen molar-refractivity contribution in [3.8, 4) is 0 Å². The van der Waals surface area contributed by atoms with Crippen LogP contribution >= 0.6 is 15.9 Å². The van der Waals surface area contributed by atoms with Gasteiger partial charge in [-0.25, -0.2) is 0 Å². The molecule has 2 rings (SSSR count). The van der Waals surface area contributed by atoms with Crippen molar-refractivity contribution >= 4 is 15.9 Å². The number of aliphatic hydroxyl groups excluding tert-OH is 2. The molecule has 0 aromatic heterocycles. The summed E-state index contributed by atoms with van der Waals surface area (Å²) in [5, 5.41) is 19.0. The zero-order chi connectivity index (χ0) is 10.5. The lowest BCUT2D eigenvalue weighted by Gasteiger charge is -2.30. The third kappa shape index (κ3) is 1.82. The Bertz CT molecular complexity index is 229. The molecule has 82 valence electrons. The second-order valence-electron chi connectivity index (χ2n) is 4.46. The van der Waals surface area contributed by atoms with Gasteiger partial charge in [0.25, 0.3) is 0 Å². The van der Waals surface area contributed by atoms with Gasteiger partial charge in [-0.15, -0.1) is 0 Å². The van der Waals surface area contributed by atoms with Crippen molar-refractivity contribution in [1.29, 1.82) is 0 Å². The van der Waals surface area contributed by atoms with Crippen LogP contribution in [0, 0.1) is 17.8 Å². The van der Waals surface area contributed by atoms with E-state index in [2.05, 4.69) is 15.9 Å². The molecule has 5 unspecified atom stereocenters. The number of aliphatic hydroxyl groups is 2. The van der Waals surface area contributed by atoms with Crippen LogP contribution in [-0.4, -0.2) is 27.3 Å². The lowest BCUT2D eigenvalue weighted by atomic mass is 9.83. The third-order valence-electron chi connectivity index (χ3n) is 3.55. The Morgan fingerprint density at radius 1 is 1.21 bits per heavy atom. The van der Waals surface area contributed by atoms with Crippen LogP contribution in [0.25, 0.3) is 0 Å². The van der Waals surface area contributed by atoms with Crippen LogP contribution < -0.4 is 0 Å². The Morgan fingerprint density at radius 3 is 2.29 bits per heavy atom. The Morgan fingerprint density at radius 2 is 1.86 bits per heavy atom. The SMILES string of the molecule is OC1C2CC(CC(F)(F)Br)C(C2)C1O. The second kappa shape index (κ2) is 3.39. The molecule has 5 atom stereocenters. The molecule has 0 amide bonds. The minimum atomic E-state index is -2.84. The molecule has 2 N–H and O–H groups in total. The first-order valence-electron chi connectivity index (χ1n) is 4.81. The van der Waals surface area contributed by atoms with E-state index < -0.39 is 17.0 Å². The zero-order valence-electron chi connectivity index (χ0n) is 7.54. The normalized spacial score (nSPS) is 47.4. The molecular formula is C9H13BrF2O2. The van der Waals surface area contributed by atoms with E-state index >= 15 is 0 Å². The molecule has 2 fully saturated rings. The molecule has 0 radical (unpaired) electrons. The van der Waals surface area contributed by atoms with Crippen molar-refractivity contribution in [3.05, 3.63) is 0 Å². The Balaban J connectivity index is 2.00. The van der Waals surface area contributed by atoms with E-state index in [4.69, 9.17) is 0 Å². The molecule has 0 spiro atoms. The molecule has 0 aromatic carbocycles. The molecule has 0 aromatic rings. The summed E-state index contributed by atoms with van der Waals surface area (Å²) >= 11 is 2.32. The lowest BCUT2D eigenvalue weighted by molar-refractivity contribution is -0.0462. The Kier molecular flexibility index (Phi) is 2.60. The molecule has 2 aliphatic carbocycles. The van der Waals surface area contributed by atoms with Gasteiger partial charge in [0, 0.05) is 6.42 Å². The third-order valence-corrected chi connectivity index (χ3v) is 3.87. The van der Waals surface area contributed by atoms with Gasteiger partial charge in [-0.1, -0.05) is 0 Å². The lowest BCUT2D eigenvalue weighted by Crippen LogP contribution is -2.37. The first-order valence-corrected chi connectivity index (χ1v) is 5.60. The maximum atomic E-state index is 12.7. The fourth-order valence-electron chi connectivity index (χ4n) is 2.96. The summed E-state index contributed by atoms with van der Waals surface area (Å²) in [4.78, 5) is -2.84. The molecule has 0 saturated heterocycles. The number of halogens is 3. The van der Waals surface area contributed by atoms with E-state index in [0.717, 1.165) is 0 Å². The number of rotatable bonds is 2. The molecule has 0 aliphatic heterocycles. The smallest absolute Gasteiger partial charge is 0.301 e. The summed E-state index contributed by atoms with van der Waals surface area (Å²) in [6.45, 7) is 0. The van der Waals surface area contributed by atoms with E-state index in [1.54, 1.807) is 0 Å². The fraction of sp³-hybridized carbons (Fsp3) is 1.00. The van der Waals surface area contributed by atoms with Gasteiger partial charge in [0.1, 0.15) is 0 Å². The second-order valence-corrected chi connectivity index (χ2v) is 5.62. The van der Waals surface area contributed by atoms with Gasteiger partial charge in [-0.2, -0.15) is 8.78 Å². The number of hydrogen-bond donors (Lipinski definition) is 2. The van der Waals surface area contributed by atoms with Crippen LogP contribution in [0.5, 0.6) is 0 Å². The van der Waals surface area contributed by atoms with Gasteiger partial charge in [0.2, 0.25) is 0 Å². The molecule has 5 heteroatoms. The molecule has 2 aliphatic rings. The Hall–Kier alpha value is 0.260. The summed E-state index contributed by atoms with van der Waals surface area (Å²) in [6.07, 6.45) is -0.424. The first kappa shape index (κ1) is 10.8. The largest absolute Gasteiger partial charge is 0.390 e. The highest BCUT2D eigenvalue weighted by Crippen LogP contribution is 2.52. The topological polar surface area (TPSA) is 40.5 Å².